The zero-order valence-electron chi connectivity index (χ0n) is 16.5. The molecule has 1 N–H and O–H groups in total. The molecule has 0 bridgehead atoms. The first kappa shape index (κ1) is 19.3. The number of carbonyl (C=O) groups excluding carboxylic acids is 1. The Kier molecular flexibility index (Phi) is 5.15. The van der Waals surface area contributed by atoms with Crippen LogP contribution in [0, 0.1) is 0 Å². The molecule has 1 amide bonds. The summed E-state index contributed by atoms with van der Waals surface area (Å²) in [4.78, 5) is 35.6. The van der Waals surface area contributed by atoms with Gasteiger partial charge in [0.25, 0.3) is 5.56 Å². The summed E-state index contributed by atoms with van der Waals surface area (Å²) in [6.45, 7) is 6.13. The number of anilines is 1. The largest absolute Gasteiger partial charge is 0.324 e. The van der Waals surface area contributed by atoms with Crippen LogP contribution in [0.4, 0.5) is 5.69 Å². The van der Waals surface area contributed by atoms with E-state index in [0.717, 1.165) is 10.2 Å². The Morgan fingerprint density at radius 2 is 1.93 bits per heavy atom. The number of benzene rings is 1. The fourth-order valence-corrected chi connectivity index (χ4v) is 4.42. The molecule has 0 unspecified atom stereocenters. The lowest BCUT2D eigenvalue weighted by Crippen LogP contribution is -2.33. The average molecular weight is 407 g/mol. The molecule has 0 fully saturated rings. The minimum absolute atomic E-state index is 0.213. The number of hydrogen-bond donors (Lipinski definition) is 1. The molecular weight excluding hydrogens is 384 g/mol. The second-order valence-corrected chi connectivity index (χ2v) is 8.28. The molecular formula is C22H22N4O2S. The highest BCUT2D eigenvalue weighted by Gasteiger charge is 2.22. The summed E-state index contributed by atoms with van der Waals surface area (Å²) in [6.07, 6.45) is 3.65. The Hall–Kier alpha value is -3.06. The maximum absolute atomic E-state index is 13.1. The van der Waals surface area contributed by atoms with Gasteiger partial charge >= 0.3 is 0 Å². The summed E-state index contributed by atoms with van der Waals surface area (Å²) in [5, 5.41) is 3.78. The van der Waals surface area contributed by atoms with Gasteiger partial charge in [0, 0.05) is 17.3 Å². The van der Waals surface area contributed by atoms with Crippen LogP contribution in [-0.2, 0) is 4.79 Å². The Morgan fingerprint density at radius 1 is 1.17 bits per heavy atom. The van der Waals surface area contributed by atoms with E-state index in [4.69, 9.17) is 0 Å². The predicted octanol–water partition coefficient (Wildman–Crippen LogP) is 4.72. The van der Waals surface area contributed by atoms with Crippen molar-refractivity contribution in [3.63, 3.8) is 0 Å². The monoisotopic (exact) mass is 406 g/mol. The van der Waals surface area contributed by atoms with Crippen LogP contribution in [0.3, 0.4) is 0 Å². The molecule has 4 rings (SSSR count). The summed E-state index contributed by atoms with van der Waals surface area (Å²) >= 11 is 1.31. The summed E-state index contributed by atoms with van der Waals surface area (Å²) < 4.78 is 1.95. The number of pyridine rings is 1. The van der Waals surface area contributed by atoms with E-state index in [1.54, 1.807) is 6.20 Å². The normalized spacial score (nSPS) is 12.6. The molecule has 0 radical (unpaired) electrons. The molecule has 0 aliphatic carbocycles. The lowest BCUT2D eigenvalue weighted by atomic mass is 10.0. The molecule has 1 atom stereocenters. The number of amides is 1. The highest BCUT2D eigenvalue weighted by atomic mass is 32.1. The minimum Gasteiger partial charge on any atom is -0.324 e. The van der Waals surface area contributed by atoms with E-state index < -0.39 is 6.04 Å². The molecule has 29 heavy (non-hydrogen) atoms. The molecule has 0 aliphatic rings. The van der Waals surface area contributed by atoms with Gasteiger partial charge in [-0.1, -0.05) is 32.9 Å². The first-order chi connectivity index (χ1) is 14.0. The maximum atomic E-state index is 13.1. The van der Waals surface area contributed by atoms with Crippen LogP contribution in [0.2, 0.25) is 0 Å². The lowest BCUT2D eigenvalue weighted by molar-refractivity contribution is -0.119. The van der Waals surface area contributed by atoms with E-state index >= 15 is 0 Å². The average Bonchev–Trinajstić information content (AvgIpc) is 3.10. The SMILES string of the molecule is CC[C@@H](C(=O)Nc1ccc(C(C)C)cc1)n1cnc2c(sc3ncccc32)c1=O. The van der Waals surface area contributed by atoms with Crippen molar-refractivity contribution in [3.8, 4) is 0 Å². The fraction of sp³-hybridized carbons (Fsp3) is 0.273. The fourth-order valence-electron chi connectivity index (χ4n) is 3.39. The van der Waals surface area contributed by atoms with Crippen LogP contribution >= 0.6 is 11.3 Å². The van der Waals surface area contributed by atoms with Crippen LogP contribution in [0.25, 0.3) is 20.4 Å². The topological polar surface area (TPSA) is 76.9 Å². The first-order valence-electron chi connectivity index (χ1n) is 9.64. The standard InChI is InChI=1S/C22H22N4O2S/c1-4-17(20(27)25-15-9-7-14(8-10-15)13(2)3)26-12-24-18-16-6-5-11-23-21(16)29-19(18)22(26)28/h5-13,17H,4H2,1-3H3,(H,25,27)/t17-/m0/s1. The van der Waals surface area contributed by atoms with Crippen molar-refractivity contribution in [1.82, 2.24) is 14.5 Å². The van der Waals surface area contributed by atoms with Gasteiger partial charge < -0.3 is 5.32 Å². The highest BCUT2D eigenvalue weighted by Crippen LogP contribution is 2.28. The molecule has 3 heterocycles. The van der Waals surface area contributed by atoms with Gasteiger partial charge in [0.05, 0.1) is 11.8 Å². The van der Waals surface area contributed by atoms with E-state index in [-0.39, 0.29) is 11.5 Å². The Morgan fingerprint density at radius 3 is 2.62 bits per heavy atom. The van der Waals surface area contributed by atoms with Gasteiger partial charge in [-0.2, -0.15) is 0 Å². The molecule has 6 nitrogen and oxygen atoms in total. The molecule has 7 heteroatoms. The number of nitrogens with one attached hydrogen (secondary N) is 1. The molecule has 0 saturated carbocycles. The van der Waals surface area contributed by atoms with Crippen molar-refractivity contribution in [2.75, 3.05) is 5.32 Å². The molecule has 4 aromatic rings. The zero-order chi connectivity index (χ0) is 20.5. The van der Waals surface area contributed by atoms with Gasteiger partial charge in [-0.05, 0) is 42.2 Å². The maximum Gasteiger partial charge on any atom is 0.272 e. The Labute approximate surface area is 172 Å². The summed E-state index contributed by atoms with van der Waals surface area (Å²) in [5.41, 5.74) is 2.35. The molecule has 0 spiro atoms. The zero-order valence-corrected chi connectivity index (χ0v) is 17.4. The second-order valence-electron chi connectivity index (χ2n) is 7.28. The number of thiophene rings is 1. The van der Waals surface area contributed by atoms with Crippen molar-refractivity contribution in [2.24, 2.45) is 0 Å². The number of aromatic nitrogens is 3. The van der Waals surface area contributed by atoms with Gasteiger partial charge in [0.1, 0.15) is 15.6 Å². The lowest BCUT2D eigenvalue weighted by Gasteiger charge is -2.18. The van der Waals surface area contributed by atoms with E-state index in [2.05, 4.69) is 29.1 Å². The molecule has 0 aliphatic heterocycles. The van der Waals surface area contributed by atoms with Gasteiger partial charge in [0.15, 0.2) is 0 Å². The molecule has 0 saturated heterocycles. The summed E-state index contributed by atoms with van der Waals surface area (Å²) in [6, 6.07) is 10.9. The summed E-state index contributed by atoms with van der Waals surface area (Å²) in [5.74, 6) is 0.197. The number of hydrogen-bond acceptors (Lipinski definition) is 5. The van der Waals surface area contributed by atoms with Crippen LogP contribution in [0.5, 0.6) is 0 Å². The van der Waals surface area contributed by atoms with Crippen molar-refractivity contribution < 1.29 is 4.79 Å². The first-order valence-corrected chi connectivity index (χ1v) is 10.5. The summed E-state index contributed by atoms with van der Waals surface area (Å²) in [7, 11) is 0. The van der Waals surface area contributed by atoms with Gasteiger partial charge in [-0.25, -0.2) is 9.97 Å². The third-order valence-electron chi connectivity index (χ3n) is 5.05. The van der Waals surface area contributed by atoms with Crippen LogP contribution in [0.15, 0.2) is 53.7 Å². The van der Waals surface area contributed by atoms with Crippen LogP contribution < -0.4 is 10.9 Å². The van der Waals surface area contributed by atoms with E-state index in [1.807, 2.05) is 43.3 Å². The smallest absolute Gasteiger partial charge is 0.272 e. The van der Waals surface area contributed by atoms with Gasteiger partial charge in [-0.3, -0.25) is 14.2 Å². The van der Waals surface area contributed by atoms with Crippen LogP contribution in [-0.4, -0.2) is 20.4 Å². The van der Waals surface area contributed by atoms with E-state index in [0.29, 0.717) is 28.2 Å². The highest BCUT2D eigenvalue weighted by molar-refractivity contribution is 7.25. The number of rotatable bonds is 5. The Bertz CT molecular complexity index is 1240. The predicted molar refractivity (Wildman–Crippen MR) is 118 cm³/mol. The quantitative estimate of drug-likeness (QED) is 0.520. The van der Waals surface area contributed by atoms with Gasteiger partial charge in [0.2, 0.25) is 5.91 Å². The minimum atomic E-state index is -0.637. The van der Waals surface area contributed by atoms with Crippen molar-refractivity contribution >= 4 is 43.4 Å². The molecule has 1 aromatic carbocycles. The van der Waals surface area contributed by atoms with Gasteiger partial charge in [-0.15, -0.1) is 11.3 Å². The number of nitrogens with zero attached hydrogens (tertiary/aromatic N) is 3. The van der Waals surface area contributed by atoms with E-state index in [1.165, 1.54) is 27.8 Å². The Balaban J connectivity index is 1.67. The van der Waals surface area contributed by atoms with E-state index in [9.17, 15) is 9.59 Å². The molecule has 148 valence electrons. The van der Waals surface area contributed by atoms with Crippen molar-refractivity contribution in [1.29, 1.82) is 0 Å². The third kappa shape index (κ3) is 3.53. The van der Waals surface area contributed by atoms with Crippen LogP contribution in [0.1, 0.15) is 44.7 Å². The third-order valence-corrected chi connectivity index (χ3v) is 6.14. The van der Waals surface area contributed by atoms with Crippen molar-refractivity contribution in [3.05, 3.63) is 64.8 Å². The van der Waals surface area contributed by atoms with Crippen molar-refractivity contribution in [2.45, 2.75) is 39.2 Å². The molecule has 3 aromatic heterocycles. The second kappa shape index (κ2) is 7.75. The number of carbonyl (C=O) groups is 1. The number of fused-ring (bicyclic) bond motifs is 3.